The minimum absolute atomic E-state index is 0.196. The molecule has 0 aromatic heterocycles. The molecular formula is C30H56N4O6. The smallest absolute Gasteiger partial charge is 0.410 e. The number of carbonyl (C=O) groups is 2. The molecular weight excluding hydrogens is 512 g/mol. The van der Waals surface area contributed by atoms with E-state index >= 15 is 0 Å². The molecule has 4 heterocycles. The van der Waals surface area contributed by atoms with E-state index < -0.39 is 11.7 Å². The van der Waals surface area contributed by atoms with Gasteiger partial charge in [-0.1, -0.05) is 6.92 Å². The summed E-state index contributed by atoms with van der Waals surface area (Å²) >= 11 is 0. The number of hydrogen-bond acceptors (Lipinski definition) is 7. The molecule has 0 unspecified atom stereocenters. The highest BCUT2D eigenvalue weighted by Gasteiger charge is 2.30. The summed E-state index contributed by atoms with van der Waals surface area (Å²) in [7, 11) is 0. The monoisotopic (exact) mass is 568 g/mol. The predicted octanol–water partition coefficient (Wildman–Crippen LogP) is 4.56. The second-order valence-corrected chi connectivity index (χ2v) is 12.8. The van der Waals surface area contributed by atoms with Gasteiger partial charge in [-0.05, 0) is 98.6 Å². The van der Waals surface area contributed by atoms with Crippen LogP contribution in [-0.4, -0.2) is 120 Å². The second kappa shape index (κ2) is 16.1. The number of nitrogens with one attached hydrogen (secondary N) is 1. The number of carbonyl (C=O) groups excluding carboxylic acids is 1. The molecule has 4 fully saturated rings. The first-order valence-electron chi connectivity index (χ1n) is 15.8. The van der Waals surface area contributed by atoms with Crippen LogP contribution in [0.2, 0.25) is 0 Å². The van der Waals surface area contributed by atoms with Gasteiger partial charge in [0.05, 0.1) is 24.4 Å². The second-order valence-electron chi connectivity index (χ2n) is 12.8. The van der Waals surface area contributed by atoms with Gasteiger partial charge in [0.25, 0.3) is 0 Å². The van der Waals surface area contributed by atoms with Gasteiger partial charge in [0.15, 0.2) is 0 Å². The molecule has 0 saturated carbocycles. The Morgan fingerprint density at radius 1 is 0.775 bits per heavy atom. The molecule has 0 spiro atoms. The lowest BCUT2D eigenvalue weighted by molar-refractivity contribution is -0.0659. The maximum atomic E-state index is 12.0. The van der Waals surface area contributed by atoms with Crippen LogP contribution in [0.1, 0.15) is 92.4 Å². The highest BCUT2D eigenvalue weighted by molar-refractivity contribution is 5.68. The summed E-state index contributed by atoms with van der Waals surface area (Å²) < 4.78 is 17.7. The van der Waals surface area contributed by atoms with Gasteiger partial charge < -0.3 is 39.3 Å². The number of piperidine rings is 4. The average Bonchev–Trinajstić information content (AvgIpc) is 2.94. The lowest BCUT2D eigenvalue weighted by Gasteiger charge is -2.38. The van der Waals surface area contributed by atoms with E-state index in [2.05, 4.69) is 24.1 Å². The number of ether oxygens (including phenoxy) is 3. The third-order valence-corrected chi connectivity index (χ3v) is 8.55. The van der Waals surface area contributed by atoms with Crippen molar-refractivity contribution >= 4 is 12.2 Å². The Morgan fingerprint density at radius 3 is 1.62 bits per heavy atom. The van der Waals surface area contributed by atoms with Gasteiger partial charge in [0.2, 0.25) is 0 Å². The zero-order chi connectivity index (χ0) is 29.1. The maximum absolute atomic E-state index is 12.0. The van der Waals surface area contributed by atoms with Crippen LogP contribution in [0.25, 0.3) is 0 Å². The summed E-state index contributed by atoms with van der Waals surface area (Å²) in [5.74, 6) is 0. The van der Waals surface area contributed by atoms with Crippen molar-refractivity contribution < 1.29 is 28.9 Å². The van der Waals surface area contributed by atoms with Crippen molar-refractivity contribution in [1.82, 2.24) is 20.0 Å². The standard InChI is InChI=1S/2C15H28N2O3/c1-15(2,3)20-14(18)17-10-6-13(7-11-17)19-12-4-8-16-9-5-12;1-3-12(2)16-8-4-13(5-9-16)20-14-6-10-17(11-7-14)15(18)19/h12-13,16H,4-11H2,1-3H3;12-14H,3-11H2,1-2H3,(H,18,19)/t;12-/m.0/s1. The fourth-order valence-corrected chi connectivity index (χ4v) is 5.87. The maximum Gasteiger partial charge on any atom is 0.410 e. The highest BCUT2D eigenvalue weighted by atomic mass is 16.6. The van der Waals surface area contributed by atoms with E-state index in [4.69, 9.17) is 19.3 Å². The summed E-state index contributed by atoms with van der Waals surface area (Å²) in [6.45, 7) is 17.3. The first kappa shape index (κ1) is 32.9. The lowest BCUT2D eigenvalue weighted by Crippen LogP contribution is -2.45. The average molecular weight is 569 g/mol. The Labute approximate surface area is 242 Å². The van der Waals surface area contributed by atoms with Crippen molar-refractivity contribution in [3.63, 3.8) is 0 Å². The van der Waals surface area contributed by atoms with Crippen molar-refractivity contribution in [3.05, 3.63) is 0 Å². The van der Waals surface area contributed by atoms with Crippen LogP contribution >= 0.6 is 0 Å². The Balaban J connectivity index is 0.000000220. The Hall–Kier alpha value is -1.62. The van der Waals surface area contributed by atoms with Crippen LogP contribution in [0.15, 0.2) is 0 Å². The van der Waals surface area contributed by atoms with Crippen molar-refractivity contribution in [1.29, 1.82) is 0 Å². The molecule has 10 heteroatoms. The molecule has 232 valence electrons. The molecule has 4 aliphatic rings. The van der Waals surface area contributed by atoms with E-state index in [1.165, 1.54) is 11.3 Å². The number of carboxylic acid groups (broad SMARTS) is 1. The van der Waals surface area contributed by atoms with Gasteiger partial charge in [-0.25, -0.2) is 9.59 Å². The molecule has 4 aliphatic heterocycles. The Morgan fingerprint density at radius 2 is 1.20 bits per heavy atom. The Bertz CT molecular complexity index is 748. The van der Waals surface area contributed by atoms with Gasteiger partial charge in [-0.15, -0.1) is 0 Å². The minimum Gasteiger partial charge on any atom is -0.465 e. The quantitative estimate of drug-likeness (QED) is 0.481. The number of amides is 2. The van der Waals surface area contributed by atoms with Gasteiger partial charge in [0, 0.05) is 45.3 Å². The van der Waals surface area contributed by atoms with Crippen molar-refractivity contribution in [3.8, 4) is 0 Å². The summed E-state index contributed by atoms with van der Waals surface area (Å²) in [5.41, 5.74) is -0.417. The van der Waals surface area contributed by atoms with E-state index in [1.54, 1.807) is 4.90 Å². The number of hydrogen-bond donors (Lipinski definition) is 2. The highest BCUT2D eigenvalue weighted by Crippen LogP contribution is 2.23. The zero-order valence-electron chi connectivity index (χ0n) is 25.7. The third-order valence-electron chi connectivity index (χ3n) is 8.55. The van der Waals surface area contributed by atoms with Crippen molar-refractivity contribution in [2.24, 2.45) is 0 Å². The number of likely N-dealkylation sites (tertiary alicyclic amines) is 3. The van der Waals surface area contributed by atoms with E-state index in [0.29, 0.717) is 37.4 Å². The SMILES string of the molecule is CC(C)(C)OC(=O)N1CCC(OC2CCNCC2)CC1.CC[C@H](C)N1CCC(OC2CCN(C(=O)O)CC2)CC1. The molecule has 0 aliphatic carbocycles. The van der Waals surface area contributed by atoms with Gasteiger partial charge >= 0.3 is 12.2 Å². The fourth-order valence-electron chi connectivity index (χ4n) is 5.87. The largest absolute Gasteiger partial charge is 0.465 e. The topological polar surface area (TPSA) is 104 Å². The summed E-state index contributed by atoms with van der Waals surface area (Å²) in [5, 5.41) is 12.3. The van der Waals surface area contributed by atoms with Gasteiger partial charge in [-0.3, -0.25) is 0 Å². The molecule has 2 amide bonds. The van der Waals surface area contributed by atoms with Crippen LogP contribution < -0.4 is 5.32 Å². The normalized spacial score (nSPS) is 23.8. The van der Waals surface area contributed by atoms with Crippen LogP contribution in [0, 0.1) is 0 Å². The molecule has 0 bridgehead atoms. The van der Waals surface area contributed by atoms with Crippen molar-refractivity contribution in [2.75, 3.05) is 52.4 Å². The van der Waals surface area contributed by atoms with E-state index in [9.17, 15) is 9.59 Å². The predicted molar refractivity (Wildman–Crippen MR) is 156 cm³/mol. The number of nitrogens with zero attached hydrogens (tertiary/aromatic N) is 3. The van der Waals surface area contributed by atoms with E-state index in [-0.39, 0.29) is 12.2 Å². The summed E-state index contributed by atoms with van der Waals surface area (Å²) in [4.78, 5) is 28.7. The number of rotatable bonds is 6. The minimum atomic E-state index is -0.801. The van der Waals surface area contributed by atoms with E-state index in [1.807, 2.05) is 20.8 Å². The Kier molecular flexibility index (Phi) is 13.3. The lowest BCUT2D eigenvalue weighted by atomic mass is 10.0. The molecule has 40 heavy (non-hydrogen) atoms. The van der Waals surface area contributed by atoms with E-state index in [0.717, 1.165) is 90.6 Å². The summed E-state index contributed by atoms with van der Waals surface area (Å²) in [6, 6.07) is 0.676. The molecule has 1 atom stereocenters. The van der Waals surface area contributed by atoms with Crippen molar-refractivity contribution in [2.45, 2.75) is 128 Å². The molecule has 10 nitrogen and oxygen atoms in total. The molecule has 0 aromatic rings. The van der Waals surface area contributed by atoms with Gasteiger partial charge in [0.1, 0.15) is 5.60 Å². The van der Waals surface area contributed by atoms with Crippen LogP contribution in [0.5, 0.6) is 0 Å². The third kappa shape index (κ3) is 11.3. The molecule has 2 N–H and O–H groups in total. The fraction of sp³-hybridized carbons (Fsp3) is 0.933. The zero-order valence-corrected chi connectivity index (χ0v) is 25.7. The summed E-state index contributed by atoms with van der Waals surface area (Å²) in [6.07, 6.45) is 9.50. The van der Waals surface area contributed by atoms with Crippen LogP contribution in [0.4, 0.5) is 9.59 Å². The van der Waals surface area contributed by atoms with Gasteiger partial charge in [-0.2, -0.15) is 0 Å². The van der Waals surface area contributed by atoms with Crippen LogP contribution in [-0.2, 0) is 14.2 Å². The first-order valence-corrected chi connectivity index (χ1v) is 15.8. The molecule has 4 rings (SSSR count). The molecule has 0 radical (unpaired) electrons. The van der Waals surface area contributed by atoms with Crippen LogP contribution in [0.3, 0.4) is 0 Å². The first-order chi connectivity index (χ1) is 19.0. The molecule has 4 saturated heterocycles. The molecule has 0 aromatic carbocycles.